The highest BCUT2D eigenvalue weighted by atomic mass is 16.5. The number of hydroxylamine groups is 1. The van der Waals surface area contributed by atoms with Gasteiger partial charge in [-0.1, -0.05) is 48.5 Å². The lowest BCUT2D eigenvalue weighted by Gasteiger charge is -2.16. The van der Waals surface area contributed by atoms with Crippen molar-refractivity contribution in [2.24, 2.45) is 0 Å². The first-order valence-corrected chi connectivity index (χ1v) is 10.2. The van der Waals surface area contributed by atoms with E-state index < -0.39 is 5.91 Å². The van der Waals surface area contributed by atoms with Crippen LogP contribution in [0.1, 0.15) is 22.8 Å². The molecule has 166 valence electrons. The maximum Gasteiger partial charge on any atom is 0.274 e. The molecule has 0 radical (unpaired) electrons. The SMILES string of the molecule is COCC(C)NC(=O)/C(=C/c1ccc(C(=O)NO)cc1)COc1cccc2ccccc12. The largest absolute Gasteiger partial charge is 0.488 e. The van der Waals surface area contributed by atoms with Crippen molar-refractivity contribution in [1.29, 1.82) is 0 Å². The number of carbonyl (C=O) groups is 2. The van der Waals surface area contributed by atoms with Gasteiger partial charge in [0.25, 0.3) is 11.8 Å². The third-order valence-electron chi connectivity index (χ3n) is 4.83. The molecule has 3 rings (SSSR count). The van der Waals surface area contributed by atoms with Crippen molar-refractivity contribution in [3.05, 3.63) is 83.4 Å². The minimum atomic E-state index is -0.605. The molecular formula is C25H26N2O5. The zero-order chi connectivity index (χ0) is 22.9. The third kappa shape index (κ3) is 5.94. The fraction of sp³-hybridized carbons (Fsp3) is 0.200. The normalized spacial score (nSPS) is 12.3. The zero-order valence-electron chi connectivity index (χ0n) is 18.0. The van der Waals surface area contributed by atoms with Crippen LogP contribution in [0.25, 0.3) is 16.8 Å². The molecule has 1 unspecified atom stereocenters. The van der Waals surface area contributed by atoms with Crippen LogP contribution in [0.3, 0.4) is 0 Å². The molecule has 7 heteroatoms. The second-order valence-electron chi connectivity index (χ2n) is 7.33. The van der Waals surface area contributed by atoms with E-state index in [1.54, 1.807) is 42.9 Å². The van der Waals surface area contributed by atoms with E-state index in [1.165, 1.54) is 0 Å². The number of benzene rings is 3. The second kappa shape index (κ2) is 11.1. The van der Waals surface area contributed by atoms with Crippen molar-refractivity contribution in [1.82, 2.24) is 10.8 Å². The molecule has 0 aliphatic carbocycles. The average molecular weight is 434 g/mol. The van der Waals surface area contributed by atoms with Crippen molar-refractivity contribution in [2.75, 3.05) is 20.3 Å². The van der Waals surface area contributed by atoms with E-state index in [0.717, 1.165) is 10.8 Å². The van der Waals surface area contributed by atoms with E-state index in [-0.39, 0.29) is 18.6 Å². The summed E-state index contributed by atoms with van der Waals surface area (Å²) in [7, 11) is 1.58. The monoisotopic (exact) mass is 434 g/mol. The van der Waals surface area contributed by atoms with E-state index in [1.807, 2.05) is 49.4 Å². The lowest BCUT2D eigenvalue weighted by molar-refractivity contribution is -0.118. The predicted molar refractivity (Wildman–Crippen MR) is 123 cm³/mol. The van der Waals surface area contributed by atoms with Crippen LogP contribution in [0.15, 0.2) is 72.3 Å². The first-order chi connectivity index (χ1) is 15.5. The highest BCUT2D eigenvalue weighted by molar-refractivity contribution is 5.99. The molecule has 0 fully saturated rings. The molecule has 3 N–H and O–H groups in total. The van der Waals surface area contributed by atoms with Crippen molar-refractivity contribution in [3.8, 4) is 5.75 Å². The van der Waals surface area contributed by atoms with E-state index in [2.05, 4.69) is 5.32 Å². The Labute approximate surface area is 186 Å². The lowest BCUT2D eigenvalue weighted by Crippen LogP contribution is -2.37. The van der Waals surface area contributed by atoms with Crippen LogP contribution in [-0.4, -0.2) is 43.4 Å². The summed E-state index contributed by atoms with van der Waals surface area (Å²) in [4.78, 5) is 24.5. The number of fused-ring (bicyclic) bond motifs is 1. The summed E-state index contributed by atoms with van der Waals surface area (Å²) in [6, 6.07) is 20.0. The van der Waals surface area contributed by atoms with Crippen molar-refractivity contribution < 1.29 is 24.3 Å². The number of rotatable bonds is 9. The number of amides is 2. The molecule has 32 heavy (non-hydrogen) atoms. The molecule has 3 aromatic rings. The summed E-state index contributed by atoms with van der Waals surface area (Å²) in [6.07, 6.45) is 1.71. The Morgan fingerprint density at radius 2 is 1.75 bits per heavy atom. The molecular weight excluding hydrogens is 408 g/mol. The van der Waals surface area contributed by atoms with Gasteiger partial charge in [0.15, 0.2) is 0 Å². The number of hydrogen-bond acceptors (Lipinski definition) is 5. The van der Waals surface area contributed by atoms with Gasteiger partial charge in [0, 0.05) is 24.1 Å². The topological polar surface area (TPSA) is 96.9 Å². The van der Waals surface area contributed by atoms with Crippen molar-refractivity contribution in [3.63, 3.8) is 0 Å². The van der Waals surface area contributed by atoms with E-state index in [9.17, 15) is 9.59 Å². The Hall–Kier alpha value is -3.68. The summed E-state index contributed by atoms with van der Waals surface area (Å²) in [6.45, 7) is 2.29. The molecule has 0 spiro atoms. The minimum Gasteiger partial charge on any atom is -0.488 e. The molecule has 0 saturated heterocycles. The molecule has 7 nitrogen and oxygen atoms in total. The Kier molecular flexibility index (Phi) is 7.96. The van der Waals surface area contributed by atoms with Gasteiger partial charge in [-0.3, -0.25) is 14.8 Å². The van der Waals surface area contributed by atoms with E-state index in [4.69, 9.17) is 14.7 Å². The standard InChI is InChI=1S/C25H26N2O5/c1-17(15-31-2)26-24(28)21(14-18-10-12-20(13-11-18)25(29)27-30)16-32-23-9-5-7-19-6-3-4-8-22(19)23/h3-14,17,30H,15-16H2,1-2H3,(H,26,28)(H,27,29)/b21-14+. The molecule has 1 atom stereocenters. The maximum atomic E-state index is 12.9. The Morgan fingerprint density at radius 1 is 1.03 bits per heavy atom. The third-order valence-corrected chi connectivity index (χ3v) is 4.83. The van der Waals surface area contributed by atoms with Gasteiger partial charge in [-0.15, -0.1) is 0 Å². The molecule has 0 bridgehead atoms. The Balaban J connectivity index is 1.85. The Morgan fingerprint density at radius 3 is 2.47 bits per heavy atom. The molecule has 0 heterocycles. The van der Waals surface area contributed by atoms with Gasteiger partial charge in [-0.2, -0.15) is 0 Å². The van der Waals surface area contributed by atoms with Crippen LogP contribution >= 0.6 is 0 Å². The molecule has 0 saturated carbocycles. The van der Waals surface area contributed by atoms with Crippen LogP contribution in [0, 0.1) is 0 Å². The minimum absolute atomic E-state index is 0.0540. The van der Waals surface area contributed by atoms with E-state index >= 15 is 0 Å². The number of methoxy groups -OCH3 is 1. The van der Waals surface area contributed by atoms with Gasteiger partial charge < -0.3 is 14.8 Å². The summed E-state index contributed by atoms with van der Waals surface area (Å²) >= 11 is 0. The van der Waals surface area contributed by atoms with Gasteiger partial charge in [0.1, 0.15) is 12.4 Å². The van der Waals surface area contributed by atoms with Gasteiger partial charge in [-0.05, 0) is 42.1 Å². The first kappa shape index (κ1) is 23.0. The smallest absolute Gasteiger partial charge is 0.274 e. The van der Waals surface area contributed by atoms with Gasteiger partial charge in [0.2, 0.25) is 0 Å². The molecule has 0 aliphatic rings. The van der Waals surface area contributed by atoms with Crippen molar-refractivity contribution in [2.45, 2.75) is 13.0 Å². The first-order valence-electron chi connectivity index (χ1n) is 10.2. The average Bonchev–Trinajstić information content (AvgIpc) is 2.81. The number of hydrogen-bond donors (Lipinski definition) is 3. The predicted octanol–water partition coefficient (Wildman–Crippen LogP) is 3.57. The van der Waals surface area contributed by atoms with Crippen LogP contribution in [-0.2, 0) is 9.53 Å². The fourth-order valence-electron chi connectivity index (χ4n) is 3.25. The summed E-state index contributed by atoms with van der Waals surface area (Å²) < 4.78 is 11.1. The molecule has 2 amide bonds. The van der Waals surface area contributed by atoms with Gasteiger partial charge in [0.05, 0.1) is 12.2 Å². The zero-order valence-corrected chi connectivity index (χ0v) is 18.0. The van der Waals surface area contributed by atoms with Crippen molar-refractivity contribution >= 4 is 28.7 Å². The summed E-state index contributed by atoms with van der Waals surface area (Å²) in [5.41, 5.74) is 3.03. The quantitative estimate of drug-likeness (QED) is 0.272. The molecule has 0 aliphatic heterocycles. The van der Waals surface area contributed by atoms with E-state index in [0.29, 0.717) is 29.1 Å². The van der Waals surface area contributed by atoms with Crippen LogP contribution in [0.4, 0.5) is 0 Å². The number of ether oxygens (including phenoxy) is 2. The summed E-state index contributed by atoms with van der Waals surface area (Å²) in [5.74, 6) is -0.195. The molecule has 0 aromatic heterocycles. The number of nitrogens with one attached hydrogen (secondary N) is 2. The van der Waals surface area contributed by atoms with Crippen LogP contribution in [0.2, 0.25) is 0 Å². The van der Waals surface area contributed by atoms with Crippen LogP contribution < -0.4 is 15.5 Å². The molecule has 3 aromatic carbocycles. The highest BCUT2D eigenvalue weighted by Crippen LogP contribution is 2.25. The highest BCUT2D eigenvalue weighted by Gasteiger charge is 2.15. The van der Waals surface area contributed by atoms with Gasteiger partial charge >= 0.3 is 0 Å². The summed E-state index contributed by atoms with van der Waals surface area (Å²) in [5, 5.41) is 13.7. The fourth-order valence-corrected chi connectivity index (χ4v) is 3.25. The van der Waals surface area contributed by atoms with Crippen LogP contribution in [0.5, 0.6) is 5.75 Å². The Bertz CT molecular complexity index is 1100. The second-order valence-corrected chi connectivity index (χ2v) is 7.33. The number of carbonyl (C=O) groups excluding carboxylic acids is 2. The van der Waals surface area contributed by atoms with Gasteiger partial charge in [-0.25, -0.2) is 5.48 Å². The lowest BCUT2D eigenvalue weighted by atomic mass is 10.1. The maximum absolute atomic E-state index is 12.9.